The molecule has 1 N–H and O–H groups in total. The summed E-state index contributed by atoms with van der Waals surface area (Å²) < 4.78 is 5.76. The first-order chi connectivity index (χ1) is 15.6. The normalized spacial score (nSPS) is 13.5. The minimum atomic E-state index is -0.283. The third-order valence-corrected chi connectivity index (χ3v) is 5.56. The smallest absolute Gasteiger partial charge is 0.260 e. The van der Waals surface area contributed by atoms with E-state index in [1.807, 2.05) is 54.6 Å². The Morgan fingerprint density at radius 2 is 1.59 bits per heavy atom. The highest BCUT2D eigenvalue weighted by atomic mass is 35.5. The molecule has 0 radical (unpaired) electrons. The molecule has 4 rings (SSSR count). The minimum absolute atomic E-state index is 0.103. The number of amides is 2. The molecule has 2 amide bonds. The zero-order valence-corrected chi connectivity index (χ0v) is 18.3. The van der Waals surface area contributed by atoms with Gasteiger partial charge in [0.1, 0.15) is 5.75 Å². The highest BCUT2D eigenvalue weighted by molar-refractivity contribution is 6.30. The minimum Gasteiger partial charge on any atom is -0.483 e. The first kappa shape index (κ1) is 21.7. The summed E-state index contributed by atoms with van der Waals surface area (Å²) in [6.45, 7) is 2.53. The molecule has 6 nitrogen and oxygen atoms in total. The van der Waals surface area contributed by atoms with Crippen LogP contribution in [-0.4, -0.2) is 49.5 Å². The Hall–Kier alpha value is -3.51. The van der Waals surface area contributed by atoms with Gasteiger partial charge in [-0.2, -0.15) is 0 Å². The van der Waals surface area contributed by atoms with Crippen molar-refractivity contribution in [1.29, 1.82) is 0 Å². The average molecular weight is 450 g/mol. The van der Waals surface area contributed by atoms with Gasteiger partial charge in [-0.25, -0.2) is 0 Å². The van der Waals surface area contributed by atoms with E-state index in [1.54, 1.807) is 29.2 Å². The number of halogens is 1. The number of para-hydroxylation sites is 2. The second-order valence-electron chi connectivity index (χ2n) is 7.45. The van der Waals surface area contributed by atoms with Crippen molar-refractivity contribution < 1.29 is 14.3 Å². The van der Waals surface area contributed by atoms with Crippen LogP contribution in [0.5, 0.6) is 5.75 Å². The van der Waals surface area contributed by atoms with Crippen LogP contribution in [0, 0.1) is 0 Å². The lowest BCUT2D eigenvalue weighted by Gasteiger charge is -2.36. The topological polar surface area (TPSA) is 61.9 Å². The standard InChI is InChI=1S/C25H24ClN3O3/c26-19-7-6-10-21(17-19)28-13-15-29(16-14-28)24(30)18-32-23-12-5-4-11-22(23)25(31)27-20-8-2-1-3-9-20/h1-12,17H,13-16,18H2,(H,27,31). The average Bonchev–Trinajstić information content (AvgIpc) is 2.83. The molecule has 0 saturated carbocycles. The molecule has 1 fully saturated rings. The van der Waals surface area contributed by atoms with Gasteiger partial charge < -0.3 is 19.9 Å². The summed E-state index contributed by atoms with van der Waals surface area (Å²) in [4.78, 5) is 29.4. The first-order valence-electron chi connectivity index (χ1n) is 10.5. The Labute approximate surface area is 192 Å². The Morgan fingerprint density at radius 3 is 2.34 bits per heavy atom. The highest BCUT2D eigenvalue weighted by Gasteiger charge is 2.22. The van der Waals surface area contributed by atoms with E-state index in [2.05, 4.69) is 10.2 Å². The fraction of sp³-hybridized carbons (Fsp3) is 0.200. The molecule has 1 heterocycles. The van der Waals surface area contributed by atoms with Crippen LogP contribution in [0.4, 0.5) is 11.4 Å². The van der Waals surface area contributed by atoms with Crippen molar-refractivity contribution in [3.63, 3.8) is 0 Å². The predicted molar refractivity (Wildman–Crippen MR) is 127 cm³/mol. The summed E-state index contributed by atoms with van der Waals surface area (Å²) in [7, 11) is 0. The molecule has 3 aromatic carbocycles. The number of anilines is 2. The highest BCUT2D eigenvalue weighted by Crippen LogP contribution is 2.22. The zero-order valence-electron chi connectivity index (χ0n) is 17.5. The Morgan fingerprint density at radius 1 is 0.875 bits per heavy atom. The summed E-state index contributed by atoms with van der Waals surface area (Å²) >= 11 is 6.09. The van der Waals surface area contributed by atoms with Crippen LogP contribution in [0.1, 0.15) is 10.4 Å². The molecule has 1 saturated heterocycles. The van der Waals surface area contributed by atoms with E-state index >= 15 is 0 Å². The van der Waals surface area contributed by atoms with Crippen molar-refractivity contribution in [3.05, 3.63) is 89.4 Å². The molecule has 0 aromatic heterocycles. The van der Waals surface area contributed by atoms with E-state index in [9.17, 15) is 9.59 Å². The van der Waals surface area contributed by atoms with E-state index in [-0.39, 0.29) is 18.4 Å². The lowest BCUT2D eigenvalue weighted by Crippen LogP contribution is -2.50. The van der Waals surface area contributed by atoms with Crippen LogP contribution in [0.15, 0.2) is 78.9 Å². The van der Waals surface area contributed by atoms with E-state index in [1.165, 1.54) is 0 Å². The van der Waals surface area contributed by atoms with Crippen LogP contribution in [0.2, 0.25) is 5.02 Å². The molecule has 0 spiro atoms. The number of ether oxygens (including phenoxy) is 1. The third-order valence-electron chi connectivity index (χ3n) is 5.32. The van der Waals surface area contributed by atoms with Gasteiger partial charge in [0, 0.05) is 42.6 Å². The van der Waals surface area contributed by atoms with Crippen LogP contribution in [0.3, 0.4) is 0 Å². The molecular weight excluding hydrogens is 426 g/mol. The summed E-state index contributed by atoms with van der Waals surface area (Å²) in [5.74, 6) is -0.00440. The lowest BCUT2D eigenvalue weighted by molar-refractivity contribution is -0.133. The number of carbonyl (C=O) groups is 2. The summed E-state index contributed by atoms with van der Waals surface area (Å²) in [5, 5.41) is 3.54. The van der Waals surface area contributed by atoms with E-state index in [4.69, 9.17) is 16.3 Å². The van der Waals surface area contributed by atoms with Gasteiger partial charge >= 0.3 is 0 Å². The Kier molecular flexibility index (Phi) is 6.92. The predicted octanol–water partition coefficient (Wildman–Crippen LogP) is 4.32. The van der Waals surface area contributed by atoms with Gasteiger partial charge in [0.25, 0.3) is 11.8 Å². The molecule has 0 bridgehead atoms. The van der Waals surface area contributed by atoms with Crippen LogP contribution < -0.4 is 15.0 Å². The van der Waals surface area contributed by atoms with E-state index in [0.29, 0.717) is 35.1 Å². The van der Waals surface area contributed by atoms with Gasteiger partial charge in [-0.1, -0.05) is 48.0 Å². The number of nitrogens with zero attached hydrogens (tertiary/aromatic N) is 2. The number of carbonyl (C=O) groups excluding carboxylic acids is 2. The number of piperazine rings is 1. The number of rotatable bonds is 6. The van der Waals surface area contributed by atoms with Crippen molar-refractivity contribution >= 4 is 34.8 Å². The summed E-state index contributed by atoms with van der Waals surface area (Å²) in [5.41, 5.74) is 2.13. The molecule has 7 heteroatoms. The van der Waals surface area contributed by atoms with Crippen LogP contribution in [-0.2, 0) is 4.79 Å². The first-order valence-corrected chi connectivity index (χ1v) is 10.8. The molecule has 0 unspecified atom stereocenters. The quantitative estimate of drug-likeness (QED) is 0.608. The lowest BCUT2D eigenvalue weighted by atomic mass is 10.2. The van der Waals surface area contributed by atoms with Gasteiger partial charge in [-0.3, -0.25) is 9.59 Å². The fourth-order valence-corrected chi connectivity index (χ4v) is 3.80. The molecule has 1 aliphatic rings. The molecule has 164 valence electrons. The van der Waals surface area contributed by atoms with E-state index in [0.717, 1.165) is 18.8 Å². The number of hydrogen-bond donors (Lipinski definition) is 1. The Bertz CT molecular complexity index is 1080. The number of nitrogens with one attached hydrogen (secondary N) is 1. The summed E-state index contributed by atoms with van der Waals surface area (Å²) in [6.07, 6.45) is 0. The maximum atomic E-state index is 12.7. The maximum Gasteiger partial charge on any atom is 0.260 e. The molecule has 0 atom stereocenters. The van der Waals surface area contributed by atoms with Crippen molar-refractivity contribution in [2.75, 3.05) is 43.0 Å². The van der Waals surface area contributed by atoms with E-state index < -0.39 is 0 Å². The van der Waals surface area contributed by atoms with Crippen molar-refractivity contribution in [2.24, 2.45) is 0 Å². The molecule has 1 aliphatic heterocycles. The van der Waals surface area contributed by atoms with Crippen LogP contribution >= 0.6 is 11.6 Å². The number of benzene rings is 3. The van der Waals surface area contributed by atoms with Crippen LogP contribution in [0.25, 0.3) is 0 Å². The van der Waals surface area contributed by atoms with Crippen molar-refractivity contribution in [1.82, 2.24) is 4.90 Å². The molecule has 3 aromatic rings. The largest absolute Gasteiger partial charge is 0.483 e. The third kappa shape index (κ3) is 5.39. The number of hydrogen-bond acceptors (Lipinski definition) is 4. The Balaban J connectivity index is 1.32. The second kappa shape index (κ2) is 10.2. The monoisotopic (exact) mass is 449 g/mol. The molecule has 32 heavy (non-hydrogen) atoms. The van der Waals surface area contributed by atoms with Crippen molar-refractivity contribution in [3.8, 4) is 5.75 Å². The van der Waals surface area contributed by atoms with Gasteiger partial charge in [0.15, 0.2) is 6.61 Å². The summed E-state index contributed by atoms with van der Waals surface area (Å²) in [6, 6.07) is 23.9. The van der Waals surface area contributed by atoms with Gasteiger partial charge in [-0.15, -0.1) is 0 Å². The van der Waals surface area contributed by atoms with Crippen molar-refractivity contribution in [2.45, 2.75) is 0 Å². The van der Waals surface area contributed by atoms with Gasteiger partial charge in [0.2, 0.25) is 0 Å². The second-order valence-corrected chi connectivity index (χ2v) is 7.89. The van der Waals surface area contributed by atoms with Gasteiger partial charge in [-0.05, 0) is 42.5 Å². The van der Waals surface area contributed by atoms with Gasteiger partial charge in [0.05, 0.1) is 5.56 Å². The SMILES string of the molecule is O=C(Nc1ccccc1)c1ccccc1OCC(=O)N1CCN(c2cccc(Cl)c2)CC1. The maximum absolute atomic E-state index is 12.7. The molecule has 0 aliphatic carbocycles. The zero-order chi connectivity index (χ0) is 22.3. The fourth-order valence-electron chi connectivity index (χ4n) is 3.62. The molecular formula is C25H24ClN3O3.